The van der Waals surface area contributed by atoms with E-state index in [-0.39, 0.29) is 6.42 Å². The average molecular weight is 158 g/mol. The van der Waals surface area contributed by atoms with Gasteiger partial charge in [-0.2, -0.15) is 0 Å². The lowest BCUT2D eigenvalue weighted by atomic mass is 10.2. The van der Waals surface area contributed by atoms with Gasteiger partial charge in [-0.25, -0.2) is 0 Å². The number of Topliss-reactive ketones (excluding diaryl/α,β-unsaturated/α-hetero) is 1. The van der Waals surface area contributed by atoms with Gasteiger partial charge >= 0.3 is 12.2 Å². The maximum Gasteiger partial charge on any atom is 0.372 e. The van der Waals surface area contributed by atoms with Gasteiger partial charge < -0.3 is 10.8 Å². The zero-order valence-corrected chi connectivity index (χ0v) is 5.65. The van der Waals surface area contributed by atoms with Gasteiger partial charge in [0.2, 0.25) is 5.78 Å². The van der Waals surface area contributed by atoms with E-state index in [1.807, 2.05) is 0 Å². The summed E-state index contributed by atoms with van der Waals surface area (Å²) in [6.45, 7) is 0. The lowest BCUT2D eigenvalue weighted by molar-refractivity contribution is -0.140. The second-order valence-electron chi connectivity index (χ2n) is 1.87. The molecule has 0 radical (unpaired) electrons. The fourth-order valence-corrected chi connectivity index (χ4v) is 0.429. The summed E-state index contributed by atoms with van der Waals surface area (Å²) in [5.74, 6) is -1.80. The van der Waals surface area contributed by atoms with Crippen molar-refractivity contribution in [2.24, 2.45) is 5.73 Å². The Balaban J connectivity index is 3.94. The summed E-state index contributed by atoms with van der Waals surface area (Å²) in [6.07, 6.45) is 0.403. The molecule has 0 saturated carbocycles. The molecule has 6 nitrogen and oxygen atoms in total. The van der Waals surface area contributed by atoms with E-state index < -0.39 is 17.8 Å². The van der Waals surface area contributed by atoms with E-state index in [1.54, 1.807) is 0 Å². The predicted octanol–water partition coefficient (Wildman–Crippen LogP) is -1.33. The van der Waals surface area contributed by atoms with Gasteiger partial charge in [0.1, 0.15) is 6.04 Å². The molecule has 0 spiro atoms. The summed E-state index contributed by atoms with van der Waals surface area (Å²) in [7, 11) is 0. The second kappa shape index (κ2) is 4.32. The number of nitrogens with one attached hydrogen (secondary N) is 1. The van der Waals surface area contributed by atoms with Crippen LogP contribution in [0.15, 0.2) is 0 Å². The van der Waals surface area contributed by atoms with Crippen LogP contribution >= 0.6 is 0 Å². The SMILES string of the molecule is N=[N+]=CC(=O)CC(N)C(=O)O. The molecule has 0 aliphatic rings. The standard InChI is InChI=1S/C5H7N3O3/c6-4(5(10)11)1-3(9)2-8-7/h2,4,7H,1,6H2/p+1. The molecule has 0 fully saturated rings. The van der Waals surface area contributed by atoms with Crippen molar-refractivity contribution in [2.45, 2.75) is 12.5 Å². The molecular weight excluding hydrogens is 150 g/mol. The zero-order chi connectivity index (χ0) is 8.85. The molecule has 0 aliphatic heterocycles. The molecule has 0 bridgehead atoms. The summed E-state index contributed by atoms with van der Waals surface area (Å²) in [4.78, 5) is 23.3. The number of carbonyl (C=O) groups excluding carboxylic acids is 1. The minimum absolute atomic E-state index is 0.322. The van der Waals surface area contributed by atoms with Crippen LogP contribution in [0.25, 0.3) is 0 Å². The van der Waals surface area contributed by atoms with E-state index in [4.69, 9.17) is 16.4 Å². The van der Waals surface area contributed by atoms with Crippen LogP contribution in [0.3, 0.4) is 0 Å². The van der Waals surface area contributed by atoms with Crippen molar-refractivity contribution in [1.29, 1.82) is 5.53 Å². The van der Waals surface area contributed by atoms with Crippen LogP contribution in [0.1, 0.15) is 6.42 Å². The molecule has 1 atom stereocenters. The monoisotopic (exact) mass is 158 g/mol. The summed E-state index contributed by atoms with van der Waals surface area (Å²) in [6, 6.07) is -1.21. The lowest BCUT2D eigenvalue weighted by Gasteiger charge is -1.98. The molecule has 0 aromatic carbocycles. The van der Waals surface area contributed by atoms with Crippen LogP contribution in [0.4, 0.5) is 0 Å². The molecule has 11 heavy (non-hydrogen) atoms. The lowest BCUT2D eigenvalue weighted by Crippen LogP contribution is -2.32. The van der Waals surface area contributed by atoms with E-state index in [1.165, 1.54) is 0 Å². The number of hydrogen-bond donors (Lipinski definition) is 3. The van der Waals surface area contributed by atoms with Crippen LogP contribution in [0, 0.1) is 5.53 Å². The van der Waals surface area contributed by atoms with Crippen molar-refractivity contribution in [3.05, 3.63) is 0 Å². The van der Waals surface area contributed by atoms with Gasteiger partial charge in [-0.15, -0.1) is 0 Å². The number of carboxylic acid groups (broad SMARTS) is 1. The van der Waals surface area contributed by atoms with Crippen molar-refractivity contribution in [3.8, 4) is 0 Å². The van der Waals surface area contributed by atoms with Gasteiger partial charge in [-0.1, -0.05) is 0 Å². The Kier molecular flexibility index (Phi) is 3.72. The van der Waals surface area contributed by atoms with E-state index >= 15 is 0 Å². The van der Waals surface area contributed by atoms with Crippen molar-refractivity contribution in [1.82, 2.24) is 0 Å². The molecule has 0 saturated heterocycles. The molecule has 0 aromatic rings. The summed E-state index contributed by atoms with van der Waals surface area (Å²) >= 11 is 0. The predicted molar refractivity (Wildman–Crippen MR) is 34.3 cm³/mol. The first-order chi connectivity index (χ1) is 5.07. The van der Waals surface area contributed by atoms with E-state index in [0.29, 0.717) is 0 Å². The zero-order valence-electron chi connectivity index (χ0n) is 5.65. The fourth-order valence-electron chi connectivity index (χ4n) is 0.429. The smallest absolute Gasteiger partial charge is 0.372 e. The van der Waals surface area contributed by atoms with Gasteiger partial charge in [0.05, 0.1) is 10.3 Å². The highest BCUT2D eigenvalue weighted by Crippen LogP contribution is 1.87. The Hall–Kier alpha value is -1.52. The van der Waals surface area contributed by atoms with E-state index in [9.17, 15) is 9.59 Å². The second-order valence-corrected chi connectivity index (χ2v) is 1.87. The van der Waals surface area contributed by atoms with Crippen molar-refractivity contribution < 1.29 is 19.5 Å². The highest BCUT2D eigenvalue weighted by atomic mass is 16.4. The molecule has 6 heteroatoms. The number of carboxylic acids is 1. The molecule has 1 unspecified atom stereocenters. The maximum absolute atomic E-state index is 10.5. The third-order valence-electron chi connectivity index (χ3n) is 0.947. The first-order valence-corrected chi connectivity index (χ1v) is 2.79. The highest BCUT2D eigenvalue weighted by Gasteiger charge is 2.17. The Morgan fingerprint density at radius 1 is 1.73 bits per heavy atom. The highest BCUT2D eigenvalue weighted by molar-refractivity contribution is 6.25. The largest absolute Gasteiger partial charge is 0.480 e. The number of hydrogen-bond acceptors (Lipinski definition) is 4. The molecular formula is C5H8N3O3+. The summed E-state index contributed by atoms with van der Waals surface area (Å²) in [5, 5.41) is 8.23. The third-order valence-corrected chi connectivity index (χ3v) is 0.947. The Labute approximate surface area is 62.2 Å². The minimum atomic E-state index is -1.24. The first-order valence-electron chi connectivity index (χ1n) is 2.79. The number of aliphatic carboxylic acids is 1. The van der Waals surface area contributed by atoms with Gasteiger partial charge in [-0.3, -0.25) is 9.59 Å². The van der Waals surface area contributed by atoms with Crippen molar-refractivity contribution >= 4 is 18.0 Å². The van der Waals surface area contributed by atoms with Crippen molar-refractivity contribution in [3.63, 3.8) is 0 Å². The Morgan fingerprint density at radius 3 is 2.64 bits per heavy atom. The van der Waals surface area contributed by atoms with Crippen LogP contribution in [-0.2, 0) is 9.59 Å². The Morgan fingerprint density at radius 2 is 2.27 bits per heavy atom. The molecule has 4 N–H and O–H groups in total. The molecule has 0 aromatic heterocycles. The van der Waals surface area contributed by atoms with Gasteiger partial charge in [0.15, 0.2) is 0 Å². The molecule has 0 rings (SSSR count). The number of carbonyl (C=O) groups is 2. The van der Waals surface area contributed by atoms with Crippen LogP contribution in [0.2, 0.25) is 0 Å². The normalized spacial score (nSPS) is 11.4. The van der Waals surface area contributed by atoms with Crippen LogP contribution < -0.4 is 5.73 Å². The number of rotatable bonds is 4. The Bertz CT molecular complexity index is 219. The molecule has 0 heterocycles. The molecule has 60 valence electrons. The fraction of sp³-hybridized carbons (Fsp3) is 0.400. The van der Waals surface area contributed by atoms with Crippen molar-refractivity contribution in [2.75, 3.05) is 0 Å². The summed E-state index contributed by atoms with van der Waals surface area (Å²) < 4.78 is 0. The number of nitrogens with zero attached hydrogens (tertiary/aromatic N) is 1. The topological polar surface area (TPSA) is 118 Å². The van der Waals surface area contributed by atoms with Gasteiger partial charge in [-0.05, 0) is 0 Å². The van der Waals surface area contributed by atoms with E-state index in [2.05, 4.69) is 4.79 Å². The van der Waals surface area contributed by atoms with E-state index in [0.717, 1.165) is 6.21 Å². The van der Waals surface area contributed by atoms with Gasteiger partial charge in [0, 0.05) is 6.42 Å². The average Bonchev–Trinajstić information content (AvgIpc) is 1.87. The quantitative estimate of drug-likeness (QED) is 0.266. The van der Waals surface area contributed by atoms with Gasteiger partial charge in [0.25, 0.3) is 0 Å². The van der Waals surface area contributed by atoms with Crippen LogP contribution in [0.5, 0.6) is 0 Å². The molecule has 0 amide bonds. The first kappa shape index (κ1) is 9.48. The number of nitrogens with two attached hydrogens (primary N) is 1. The summed E-state index contributed by atoms with van der Waals surface area (Å²) in [5.41, 5.74) is 11.2. The number of ketones is 1. The third kappa shape index (κ3) is 3.96. The van der Waals surface area contributed by atoms with Crippen LogP contribution in [-0.4, -0.2) is 33.9 Å². The molecule has 0 aliphatic carbocycles. The maximum atomic E-state index is 10.5. The minimum Gasteiger partial charge on any atom is -0.480 e.